The van der Waals surface area contributed by atoms with Gasteiger partial charge >= 0.3 is 0 Å². The first-order chi connectivity index (χ1) is 10.7. The Morgan fingerprint density at radius 2 is 1.86 bits per heavy atom. The average molecular weight is 288 g/mol. The molecule has 0 radical (unpaired) electrons. The Balaban J connectivity index is 1.99. The van der Waals surface area contributed by atoms with Gasteiger partial charge in [-0.2, -0.15) is 0 Å². The van der Waals surface area contributed by atoms with E-state index in [1.807, 2.05) is 41.0 Å². The minimum atomic E-state index is -0.453. The van der Waals surface area contributed by atoms with E-state index >= 15 is 0 Å². The summed E-state index contributed by atoms with van der Waals surface area (Å²) in [5.41, 5.74) is 9.35. The number of imidazole rings is 1. The highest BCUT2D eigenvalue weighted by molar-refractivity contribution is 5.97. The summed E-state index contributed by atoms with van der Waals surface area (Å²) in [4.78, 5) is 20.0. The highest BCUT2D eigenvalue weighted by atomic mass is 16.1. The molecular formula is C17H12N4O. The largest absolute Gasteiger partial charge is 0.366 e. The van der Waals surface area contributed by atoms with Gasteiger partial charge in [-0.25, -0.2) is 4.98 Å². The number of nitrogens with two attached hydrogens (primary N) is 1. The summed E-state index contributed by atoms with van der Waals surface area (Å²) in [5, 5.41) is 1.04. The molecule has 0 saturated heterocycles. The fourth-order valence-electron chi connectivity index (χ4n) is 2.65. The maximum atomic E-state index is 11.3. The van der Waals surface area contributed by atoms with E-state index in [0.29, 0.717) is 5.56 Å². The molecular weight excluding hydrogens is 276 g/mol. The Morgan fingerprint density at radius 1 is 1.00 bits per heavy atom. The Kier molecular flexibility index (Phi) is 2.66. The molecule has 4 rings (SSSR count). The topological polar surface area (TPSA) is 73.8 Å². The van der Waals surface area contributed by atoms with Gasteiger partial charge in [-0.3, -0.25) is 14.3 Å². The van der Waals surface area contributed by atoms with Crippen molar-refractivity contribution in [3.05, 3.63) is 66.6 Å². The van der Waals surface area contributed by atoms with E-state index < -0.39 is 5.91 Å². The van der Waals surface area contributed by atoms with Crippen LogP contribution in [0.4, 0.5) is 0 Å². The number of aromatic nitrogens is 3. The summed E-state index contributed by atoms with van der Waals surface area (Å²) >= 11 is 0. The lowest BCUT2D eigenvalue weighted by atomic mass is 10.1. The van der Waals surface area contributed by atoms with Crippen LogP contribution in [-0.2, 0) is 0 Å². The second-order valence-corrected chi connectivity index (χ2v) is 5.03. The summed E-state index contributed by atoms with van der Waals surface area (Å²) in [6.07, 6.45) is 3.53. The van der Waals surface area contributed by atoms with Crippen molar-refractivity contribution in [2.24, 2.45) is 5.73 Å². The van der Waals surface area contributed by atoms with Crippen molar-refractivity contribution in [1.29, 1.82) is 0 Å². The number of fused-ring (bicyclic) bond motifs is 2. The van der Waals surface area contributed by atoms with Crippen LogP contribution in [0.1, 0.15) is 10.4 Å². The molecule has 22 heavy (non-hydrogen) atoms. The zero-order valence-electron chi connectivity index (χ0n) is 11.6. The molecule has 0 fully saturated rings. The van der Waals surface area contributed by atoms with Crippen molar-refractivity contribution in [1.82, 2.24) is 14.5 Å². The lowest BCUT2D eigenvalue weighted by molar-refractivity contribution is 0.100. The summed E-state index contributed by atoms with van der Waals surface area (Å²) in [7, 11) is 0. The van der Waals surface area contributed by atoms with Gasteiger partial charge in [0.1, 0.15) is 6.33 Å². The lowest BCUT2D eigenvalue weighted by Gasteiger charge is -2.08. The summed E-state index contributed by atoms with van der Waals surface area (Å²) in [6, 6.07) is 15.2. The molecule has 0 bridgehead atoms. The van der Waals surface area contributed by atoms with Crippen LogP contribution in [-0.4, -0.2) is 20.4 Å². The van der Waals surface area contributed by atoms with Crippen LogP contribution >= 0.6 is 0 Å². The molecule has 0 spiro atoms. The van der Waals surface area contributed by atoms with Crippen LogP contribution < -0.4 is 5.73 Å². The molecule has 0 aliphatic carbocycles. The van der Waals surface area contributed by atoms with Gasteiger partial charge in [0.2, 0.25) is 5.91 Å². The fraction of sp³-hybridized carbons (Fsp3) is 0. The van der Waals surface area contributed by atoms with Gasteiger partial charge in [0, 0.05) is 17.1 Å². The highest BCUT2D eigenvalue weighted by Crippen LogP contribution is 2.24. The molecule has 5 heteroatoms. The van der Waals surface area contributed by atoms with Gasteiger partial charge in [-0.15, -0.1) is 0 Å². The average Bonchev–Trinajstić information content (AvgIpc) is 2.97. The number of rotatable bonds is 2. The maximum absolute atomic E-state index is 11.3. The number of pyridine rings is 1. The van der Waals surface area contributed by atoms with E-state index in [9.17, 15) is 4.79 Å². The second-order valence-electron chi connectivity index (χ2n) is 5.03. The van der Waals surface area contributed by atoms with E-state index in [1.165, 1.54) is 0 Å². The molecule has 2 N–H and O–H groups in total. The molecule has 4 aromatic rings. The van der Waals surface area contributed by atoms with Crippen LogP contribution in [0.2, 0.25) is 0 Å². The zero-order chi connectivity index (χ0) is 15.1. The SMILES string of the molecule is NC(=O)c1ccc2c(c1)ncn2-c1ccnc2ccccc12. The van der Waals surface area contributed by atoms with Gasteiger partial charge < -0.3 is 5.73 Å². The van der Waals surface area contributed by atoms with Crippen LogP contribution in [0.15, 0.2) is 61.1 Å². The predicted octanol–water partition coefficient (Wildman–Crippen LogP) is 2.67. The third kappa shape index (κ3) is 1.83. The predicted molar refractivity (Wildman–Crippen MR) is 84.9 cm³/mol. The first kappa shape index (κ1) is 12.5. The Morgan fingerprint density at radius 3 is 2.73 bits per heavy atom. The molecule has 1 amide bonds. The first-order valence-corrected chi connectivity index (χ1v) is 6.85. The molecule has 0 atom stereocenters. The molecule has 5 nitrogen and oxygen atoms in total. The summed E-state index contributed by atoms with van der Waals surface area (Å²) < 4.78 is 1.99. The smallest absolute Gasteiger partial charge is 0.248 e. The molecule has 2 heterocycles. The van der Waals surface area contributed by atoms with Crippen molar-refractivity contribution < 1.29 is 4.79 Å². The van der Waals surface area contributed by atoms with E-state index in [4.69, 9.17) is 5.73 Å². The van der Waals surface area contributed by atoms with Gasteiger partial charge in [0.25, 0.3) is 0 Å². The minimum Gasteiger partial charge on any atom is -0.366 e. The third-order valence-electron chi connectivity index (χ3n) is 3.72. The Hall–Kier alpha value is -3.21. The van der Waals surface area contributed by atoms with Gasteiger partial charge in [0.05, 0.1) is 22.2 Å². The van der Waals surface area contributed by atoms with E-state index in [2.05, 4.69) is 9.97 Å². The number of nitrogens with zero attached hydrogens (tertiary/aromatic N) is 3. The van der Waals surface area contributed by atoms with E-state index in [-0.39, 0.29) is 0 Å². The maximum Gasteiger partial charge on any atom is 0.248 e. The standard InChI is InChI=1S/C17H12N4O/c18-17(22)11-5-6-16-14(9-11)20-10-21(16)15-7-8-19-13-4-2-1-3-12(13)15/h1-10H,(H2,18,22). The van der Waals surface area contributed by atoms with Crippen molar-refractivity contribution in [2.45, 2.75) is 0 Å². The number of hydrogen-bond acceptors (Lipinski definition) is 3. The number of benzene rings is 2. The minimum absolute atomic E-state index is 0.453. The number of amides is 1. The Bertz CT molecular complexity index is 1010. The van der Waals surface area contributed by atoms with Crippen molar-refractivity contribution >= 4 is 27.8 Å². The number of carbonyl (C=O) groups excluding carboxylic acids is 1. The van der Waals surface area contributed by atoms with Crippen LogP contribution in [0.25, 0.3) is 27.6 Å². The van der Waals surface area contributed by atoms with Crippen molar-refractivity contribution in [3.63, 3.8) is 0 Å². The normalized spacial score (nSPS) is 11.1. The van der Waals surface area contributed by atoms with Gasteiger partial charge in [-0.05, 0) is 30.3 Å². The number of carbonyl (C=O) groups is 1. The van der Waals surface area contributed by atoms with Gasteiger partial charge in [0.15, 0.2) is 0 Å². The number of para-hydroxylation sites is 1. The lowest BCUT2D eigenvalue weighted by Crippen LogP contribution is -2.10. The molecule has 2 aromatic heterocycles. The Labute approximate surface area is 126 Å². The number of primary amides is 1. The van der Waals surface area contributed by atoms with Gasteiger partial charge in [-0.1, -0.05) is 18.2 Å². The quantitative estimate of drug-likeness (QED) is 0.616. The first-order valence-electron chi connectivity index (χ1n) is 6.85. The van der Waals surface area contributed by atoms with Crippen molar-refractivity contribution in [2.75, 3.05) is 0 Å². The van der Waals surface area contributed by atoms with Crippen molar-refractivity contribution in [3.8, 4) is 5.69 Å². The molecule has 0 aliphatic rings. The van der Waals surface area contributed by atoms with E-state index in [1.54, 1.807) is 24.7 Å². The molecule has 106 valence electrons. The summed E-state index contributed by atoms with van der Waals surface area (Å²) in [5.74, 6) is -0.453. The zero-order valence-corrected chi connectivity index (χ0v) is 11.6. The van der Waals surface area contributed by atoms with Crippen LogP contribution in [0.3, 0.4) is 0 Å². The summed E-state index contributed by atoms with van der Waals surface area (Å²) in [6.45, 7) is 0. The molecule has 0 saturated carbocycles. The second kappa shape index (κ2) is 4.66. The molecule has 0 unspecified atom stereocenters. The third-order valence-corrected chi connectivity index (χ3v) is 3.72. The highest BCUT2D eigenvalue weighted by Gasteiger charge is 2.10. The molecule has 0 aliphatic heterocycles. The van der Waals surface area contributed by atoms with E-state index in [0.717, 1.165) is 27.6 Å². The monoisotopic (exact) mass is 288 g/mol. The fourth-order valence-corrected chi connectivity index (χ4v) is 2.65. The van der Waals surface area contributed by atoms with Crippen LogP contribution in [0.5, 0.6) is 0 Å². The number of hydrogen-bond donors (Lipinski definition) is 1. The molecule has 2 aromatic carbocycles. The van der Waals surface area contributed by atoms with Crippen LogP contribution in [0, 0.1) is 0 Å².